The largest absolute Gasteiger partial charge is 0.354 e. The van der Waals surface area contributed by atoms with Crippen LogP contribution in [0.3, 0.4) is 0 Å². The summed E-state index contributed by atoms with van der Waals surface area (Å²) in [6.07, 6.45) is 1.74. The fraction of sp³-hybridized carbons (Fsp3) is 0.800. The van der Waals surface area contributed by atoms with Crippen molar-refractivity contribution in [3.8, 4) is 0 Å². The van der Waals surface area contributed by atoms with Crippen LogP contribution in [0.1, 0.15) is 19.8 Å². The second kappa shape index (κ2) is 2.92. The van der Waals surface area contributed by atoms with Crippen LogP contribution in [0.15, 0.2) is 0 Å². The van der Waals surface area contributed by atoms with Crippen LogP contribution in [0.5, 0.6) is 0 Å². The quantitative estimate of drug-likeness (QED) is 0.521. The van der Waals surface area contributed by atoms with Gasteiger partial charge in [0.15, 0.2) is 0 Å². The second-order valence-electron chi connectivity index (χ2n) is 2.01. The van der Waals surface area contributed by atoms with E-state index in [1.165, 1.54) is 0 Å². The lowest BCUT2D eigenvalue weighted by Gasteiger charge is -1.95. The zero-order valence-electron chi connectivity index (χ0n) is 4.81. The predicted octanol–water partition coefficient (Wildman–Crippen LogP) is 0.707. The number of amides is 1. The van der Waals surface area contributed by atoms with Crippen LogP contribution in [0, 0.1) is 0 Å². The van der Waals surface area contributed by atoms with E-state index in [0.717, 1.165) is 12.8 Å². The van der Waals surface area contributed by atoms with Crippen molar-refractivity contribution in [1.82, 2.24) is 5.32 Å². The molecule has 0 aromatic rings. The molecule has 0 unspecified atom stereocenters. The first-order chi connectivity index (χ1) is 3.29. The summed E-state index contributed by atoms with van der Waals surface area (Å²) >= 11 is 0. The van der Waals surface area contributed by atoms with Gasteiger partial charge in [0, 0.05) is 12.5 Å². The van der Waals surface area contributed by atoms with Crippen molar-refractivity contribution in [3.05, 3.63) is 0 Å². The van der Waals surface area contributed by atoms with E-state index in [2.05, 4.69) is 5.32 Å². The first-order valence-electron chi connectivity index (χ1n) is 2.58. The van der Waals surface area contributed by atoms with Gasteiger partial charge in [-0.3, -0.25) is 4.79 Å². The van der Waals surface area contributed by atoms with Gasteiger partial charge in [-0.2, -0.15) is 0 Å². The number of carbonyl (C=O) groups excluding carboxylic acids is 1. The number of carbonyl (C=O) groups is 1. The highest BCUT2D eigenvalue weighted by Gasteiger charge is 2.14. The smallest absolute Gasteiger partial charge is 0.220 e. The average Bonchev–Trinajstić information content (AvgIpc) is 1.87. The van der Waals surface area contributed by atoms with Crippen LogP contribution in [-0.2, 0) is 4.79 Å². The molecule has 48 valence electrons. The summed E-state index contributed by atoms with van der Waals surface area (Å²) in [6, 6.07) is 0.424. The third kappa shape index (κ3) is 1.70. The molecule has 2 nitrogen and oxygen atoms in total. The van der Waals surface area contributed by atoms with E-state index in [-0.39, 0.29) is 18.3 Å². The van der Waals surface area contributed by atoms with Crippen molar-refractivity contribution in [2.45, 2.75) is 25.8 Å². The second-order valence-corrected chi connectivity index (χ2v) is 2.01. The number of hydrogen-bond acceptors (Lipinski definition) is 1. The molecule has 0 aromatic carbocycles. The van der Waals surface area contributed by atoms with Crippen molar-refractivity contribution in [2.24, 2.45) is 0 Å². The Morgan fingerprint density at radius 1 is 1.75 bits per heavy atom. The maximum Gasteiger partial charge on any atom is 0.220 e. The van der Waals surface area contributed by atoms with Crippen LogP contribution in [0.2, 0.25) is 0 Å². The SMILES string of the molecule is C[C@H]1CCC(=O)N1.Cl. The van der Waals surface area contributed by atoms with Crippen LogP contribution in [0.25, 0.3) is 0 Å². The Labute approximate surface area is 55.1 Å². The molecule has 1 aliphatic heterocycles. The monoisotopic (exact) mass is 135 g/mol. The van der Waals surface area contributed by atoms with Crippen molar-refractivity contribution < 1.29 is 4.79 Å². The van der Waals surface area contributed by atoms with Crippen LogP contribution in [-0.4, -0.2) is 11.9 Å². The summed E-state index contributed by atoms with van der Waals surface area (Å²) in [5.74, 6) is 0.201. The van der Waals surface area contributed by atoms with Gasteiger partial charge in [-0.15, -0.1) is 12.4 Å². The molecule has 1 fully saturated rings. The Bertz CT molecular complexity index is 94.4. The summed E-state index contributed by atoms with van der Waals surface area (Å²) in [5, 5.41) is 2.78. The molecule has 0 bridgehead atoms. The van der Waals surface area contributed by atoms with E-state index in [9.17, 15) is 4.79 Å². The summed E-state index contributed by atoms with van der Waals surface area (Å²) in [4.78, 5) is 10.3. The molecule has 0 aromatic heterocycles. The van der Waals surface area contributed by atoms with Gasteiger partial charge >= 0.3 is 0 Å². The highest BCUT2D eigenvalue weighted by Crippen LogP contribution is 2.03. The first kappa shape index (κ1) is 7.76. The van der Waals surface area contributed by atoms with Gasteiger partial charge < -0.3 is 5.32 Å². The molecule has 3 heteroatoms. The molecule has 1 atom stereocenters. The van der Waals surface area contributed by atoms with Gasteiger partial charge in [0.05, 0.1) is 0 Å². The van der Waals surface area contributed by atoms with E-state index >= 15 is 0 Å². The standard InChI is InChI=1S/C5H9NO.ClH/c1-4-2-3-5(7)6-4;/h4H,2-3H2,1H3,(H,6,7);1H/t4-;/m0./s1. The fourth-order valence-electron chi connectivity index (χ4n) is 0.767. The molecular weight excluding hydrogens is 126 g/mol. The Balaban J connectivity index is 0.000000490. The molecule has 1 amide bonds. The molecule has 0 radical (unpaired) electrons. The van der Waals surface area contributed by atoms with Gasteiger partial charge in [0.2, 0.25) is 5.91 Å². The molecule has 0 aliphatic carbocycles. The van der Waals surface area contributed by atoms with Crippen LogP contribution >= 0.6 is 12.4 Å². The summed E-state index contributed by atoms with van der Waals surface area (Å²) in [5.41, 5.74) is 0. The van der Waals surface area contributed by atoms with Crippen LogP contribution < -0.4 is 5.32 Å². The van der Waals surface area contributed by atoms with Crippen molar-refractivity contribution in [3.63, 3.8) is 0 Å². The maximum absolute atomic E-state index is 10.3. The Kier molecular flexibility index (Phi) is 2.84. The maximum atomic E-state index is 10.3. The molecule has 1 rings (SSSR count). The highest BCUT2D eigenvalue weighted by molar-refractivity contribution is 5.85. The molecule has 8 heavy (non-hydrogen) atoms. The summed E-state index contributed by atoms with van der Waals surface area (Å²) < 4.78 is 0. The van der Waals surface area contributed by atoms with E-state index in [4.69, 9.17) is 0 Å². The van der Waals surface area contributed by atoms with Crippen molar-refractivity contribution in [2.75, 3.05) is 0 Å². The Morgan fingerprint density at radius 3 is 2.50 bits per heavy atom. The molecule has 0 spiro atoms. The normalized spacial score (nSPS) is 26.6. The zero-order valence-corrected chi connectivity index (χ0v) is 5.62. The summed E-state index contributed by atoms with van der Waals surface area (Å²) in [6.45, 7) is 2.02. The first-order valence-corrected chi connectivity index (χ1v) is 2.58. The highest BCUT2D eigenvalue weighted by atomic mass is 35.5. The predicted molar refractivity (Wildman–Crippen MR) is 34.1 cm³/mol. The van der Waals surface area contributed by atoms with Gasteiger partial charge in [-0.1, -0.05) is 0 Å². The van der Waals surface area contributed by atoms with Crippen molar-refractivity contribution in [1.29, 1.82) is 0 Å². The van der Waals surface area contributed by atoms with E-state index < -0.39 is 0 Å². The van der Waals surface area contributed by atoms with Gasteiger partial charge in [-0.25, -0.2) is 0 Å². The van der Waals surface area contributed by atoms with Gasteiger partial charge in [0.1, 0.15) is 0 Å². The Hall–Kier alpha value is -0.240. The number of nitrogens with one attached hydrogen (secondary N) is 1. The third-order valence-corrected chi connectivity index (χ3v) is 1.21. The number of rotatable bonds is 0. The van der Waals surface area contributed by atoms with E-state index in [0.29, 0.717) is 6.04 Å². The Morgan fingerprint density at radius 2 is 2.38 bits per heavy atom. The molecule has 1 saturated heterocycles. The topological polar surface area (TPSA) is 29.1 Å². The van der Waals surface area contributed by atoms with Crippen LogP contribution in [0.4, 0.5) is 0 Å². The van der Waals surface area contributed by atoms with E-state index in [1.54, 1.807) is 0 Å². The lowest BCUT2D eigenvalue weighted by molar-refractivity contribution is -0.119. The fourth-order valence-corrected chi connectivity index (χ4v) is 0.767. The molecule has 1 N–H and O–H groups in total. The minimum atomic E-state index is 0. The minimum absolute atomic E-state index is 0. The minimum Gasteiger partial charge on any atom is -0.354 e. The lowest BCUT2D eigenvalue weighted by atomic mass is 10.3. The summed E-state index contributed by atoms with van der Waals surface area (Å²) in [7, 11) is 0. The average molecular weight is 136 g/mol. The lowest BCUT2D eigenvalue weighted by Crippen LogP contribution is -2.21. The zero-order chi connectivity index (χ0) is 5.28. The third-order valence-electron chi connectivity index (χ3n) is 1.21. The number of halogens is 1. The van der Waals surface area contributed by atoms with Gasteiger partial charge in [-0.05, 0) is 13.3 Å². The molecule has 1 aliphatic rings. The molecule has 0 saturated carbocycles. The number of hydrogen-bond donors (Lipinski definition) is 1. The van der Waals surface area contributed by atoms with Crippen molar-refractivity contribution >= 4 is 18.3 Å². The van der Waals surface area contributed by atoms with Gasteiger partial charge in [0.25, 0.3) is 0 Å². The van der Waals surface area contributed by atoms with E-state index in [1.807, 2.05) is 6.92 Å². The molecule has 1 heterocycles. The molecular formula is C5H10ClNO.